The molecule has 0 amide bonds. The maximum absolute atomic E-state index is 12.9. The smallest absolute Gasteiger partial charge is 0.306 e. The van der Waals surface area contributed by atoms with Gasteiger partial charge < -0.3 is 14.2 Å². The van der Waals surface area contributed by atoms with E-state index in [0.717, 1.165) is 148 Å². The van der Waals surface area contributed by atoms with Crippen molar-refractivity contribution in [2.24, 2.45) is 0 Å². The first kappa shape index (κ1) is 77.5. The van der Waals surface area contributed by atoms with Crippen LogP contribution in [0, 0.1) is 0 Å². The Morgan fingerprint density at radius 1 is 0.253 bits per heavy atom. The molecule has 0 aromatic rings. The predicted octanol–water partition coefficient (Wildman–Crippen LogP) is 23.2. The molecule has 83 heavy (non-hydrogen) atoms. The van der Waals surface area contributed by atoms with Gasteiger partial charge >= 0.3 is 17.9 Å². The minimum Gasteiger partial charge on any atom is -0.462 e. The van der Waals surface area contributed by atoms with E-state index in [1.165, 1.54) is 70.6 Å². The Hall–Kier alpha value is -5.49. The number of allylic oxidation sites excluding steroid dienone is 30. The van der Waals surface area contributed by atoms with Crippen LogP contribution in [-0.4, -0.2) is 37.2 Å². The molecule has 0 spiro atoms. The van der Waals surface area contributed by atoms with Crippen LogP contribution in [0.15, 0.2) is 182 Å². The minimum absolute atomic E-state index is 0.118. The Kier molecular flexibility index (Phi) is 64.4. The van der Waals surface area contributed by atoms with Crippen LogP contribution in [-0.2, 0) is 28.6 Å². The standard InChI is InChI=1S/C77H120O6/c1-4-7-10-13-16-19-22-25-28-31-34-36-37-38-39-41-43-46-49-52-55-58-61-64-67-70-76(79)82-73-74(72-81-75(78)69-66-63-60-57-54-51-48-45-42-33-30-27-24-21-18-15-12-9-6-3)83-77(80)71-68-65-62-59-56-53-50-47-44-40-35-32-29-26-23-20-17-14-11-8-5-2/h7-8,10-11,16-21,25-30,34-36,38-40,43,46-47,50,52,55-56,59,74H,4-6,9,12-15,22-24,31-33,37,41-42,44-45,48-49,51,53-54,57-58,60-73H2,1-3H3/b10-7-,11-8-,19-16-,20-17-,21-18-,28-25-,29-26-,30-27-,36-34-,39-38-,40-35-,46-43-,50-47-,55-52-,59-56-. The lowest BCUT2D eigenvalue weighted by Gasteiger charge is -2.18. The second kappa shape index (κ2) is 69.0. The van der Waals surface area contributed by atoms with E-state index in [0.29, 0.717) is 19.3 Å². The molecule has 0 bridgehead atoms. The molecule has 0 aliphatic heterocycles. The normalized spacial score (nSPS) is 13.3. The molecule has 6 heteroatoms. The van der Waals surface area contributed by atoms with Gasteiger partial charge in [0.15, 0.2) is 6.10 Å². The van der Waals surface area contributed by atoms with Gasteiger partial charge in [0.25, 0.3) is 0 Å². The number of unbranched alkanes of at least 4 members (excludes halogenated alkanes) is 17. The van der Waals surface area contributed by atoms with Gasteiger partial charge in [0.2, 0.25) is 0 Å². The summed E-state index contributed by atoms with van der Waals surface area (Å²) in [7, 11) is 0. The molecule has 0 heterocycles. The zero-order valence-corrected chi connectivity index (χ0v) is 53.1. The van der Waals surface area contributed by atoms with Crippen molar-refractivity contribution in [3.63, 3.8) is 0 Å². The molecule has 0 aromatic heterocycles. The SMILES string of the molecule is CC/C=C\C/C=C\C/C=C\C/C=C\C/C=C\C/C=C\C/C=C\CCCCCC(=O)OCC(COC(=O)CCCCCCCCCCC/C=C\C/C=C\CCCCC)OC(=O)CCCC/C=C\C/C=C\C/C=C\C/C=C\C/C=C\C/C=C\CC. The lowest BCUT2D eigenvalue weighted by atomic mass is 10.1. The summed E-state index contributed by atoms with van der Waals surface area (Å²) in [5.41, 5.74) is 0. The van der Waals surface area contributed by atoms with Gasteiger partial charge in [-0.15, -0.1) is 0 Å². The van der Waals surface area contributed by atoms with E-state index in [1.807, 2.05) is 0 Å². The first-order valence-corrected chi connectivity index (χ1v) is 33.3. The van der Waals surface area contributed by atoms with Crippen molar-refractivity contribution in [3.05, 3.63) is 182 Å². The Morgan fingerprint density at radius 2 is 0.470 bits per heavy atom. The second-order valence-electron chi connectivity index (χ2n) is 21.3. The van der Waals surface area contributed by atoms with Crippen LogP contribution < -0.4 is 0 Å². The molecule has 0 fully saturated rings. The number of carbonyl (C=O) groups is 3. The highest BCUT2D eigenvalue weighted by Crippen LogP contribution is 2.14. The average molecular weight is 1140 g/mol. The highest BCUT2D eigenvalue weighted by Gasteiger charge is 2.19. The summed E-state index contributed by atoms with van der Waals surface area (Å²) in [6.45, 7) is 6.32. The van der Waals surface area contributed by atoms with Crippen LogP contribution in [0.3, 0.4) is 0 Å². The monoisotopic (exact) mass is 1140 g/mol. The van der Waals surface area contributed by atoms with Crippen molar-refractivity contribution in [1.82, 2.24) is 0 Å². The fourth-order valence-electron chi connectivity index (χ4n) is 8.46. The van der Waals surface area contributed by atoms with Gasteiger partial charge in [0.05, 0.1) is 0 Å². The van der Waals surface area contributed by atoms with Crippen LogP contribution in [0.2, 0.25) is 0 Å². The summed E-state index contributed by atoms with van der Waals surface area (Å²) in [5.74, 6) is -1.00. The molecule has 1 unspecified atom stereocenters. The third kappa shape index (κ3) is 67.2. The molecule has 0 saturated heterocycles. The molecule has 0 N–H and O–H groups in total. The Balaban J connectivity index is 4.58. The van der Waals surface area contributed by atoms with Crippen LogP contribution in [0.4, 0.5) is 0 Å². The van der Waals surface area contributed by atoms with Gasteiger partial charge in [-0.2, -0.15) is 0 Å². The fourth-order valence-corrected chi connectivity index (χ4v) is 8.46. The van der Waals surface area contributed by atoms with E-state index >= 15 is 0 Å². The largest absolute Gasteiger partial charge is 0.462 e. The molecule has 0 aliphatic rings. The average Bonchev–Trinajstić information content (AvgIpc) is 3.50. The van der Waals surface area contributed by atoms with Gasteiger partial charge in [-0.05, 0) is 161 Å². The summed E-state index contributed by atoms with van der Waals surface area (Å²) in [4.78, 5) is 38.4. The quantitative estimate of drug-likeness (QED) is 0.0261. The zero-order chi connectivity index (χ0) is 59.9. The first-order valence-electron chi connectivity index (χ1n) is 33.3. The van der Waals surface area contributed by atoms with Crippen LogP contribution in [0.1, 0.15) is 265 Å². The van der Waals surface area contributed by atoms with Gasteiger partial charge in [-0.3, -0.25) is 14.4 Å². The summed E-state index contributed by atoms with van der Waals surface area (Å²) in [6, 6.07) is 0. The minimum atomic E-state index is -0.830. The molecule has 464 valence electrons. The number of hydrogen-bond acceptors (Lipinski definition) is 6. The van der Waals surface area contributed by atoms with E-state index in [2.05, 4.69) is 203 Å². The molecular weight excluding hydrogens is 1020 g/mol. The van der Waals surface area contributed by atoms with Crippen LogP contribution in [0.25, 0.3) is 0 Å². The maximum Gasteiger partial charge on any atom is 0.306 e. The Labute approximate surface area is 510 Å². The van der Waals surface area contributed by atoms with Gasteiger partial charge in [-0.25, -0.2) is 0 Å². The van der Waals surface area contributed by atoms with Gasteiger partial charge in [0, 0.05) is 19.3 Å². The van der Waals surface area contributed by atoms with Crippen LogP contribution in [0.5, 0.6) is 0 Å². The Bertz CT molecular complexity index is 1940. The molecule has 0 radical (unpaired) electrons. The molecule has 0 aliphatic carbocycles. The molecule has 0 saturated carbocycles. The van der Waals surface area contributed by atoms with Crippen LogP contribution >= 0.6 is 0 Å². The predicted molar refractivity (Wildman–Crippen MR) is 361 cm³/mol. The Morgan fingerprint density at radius 3 is 0.771 bits per heavy atom. The molecule has 0 rings (SSSR count). The first-order chi connectivity index (χ1) is 41.0. The number of hydrogen-bond donors (Lipinski definition) is 0. The van der Waals surface area contributed by atoms with E-state index in [-0.39, 0.29) is 37.5 Å². The molecule has 6 nitrogen and oxygen atoms in total. The van der Waals surface area contributed by atoms with Crippen molar-refractivity contribution in [1.29, 1.82) is 0 Å². The topological polar surface area (TPSA) is 78.9 Å². The summed E-state index contributed by atoms with van der Waals surface area (Å²) in [6.07, 6.45) is 103. The fraction of sp³-hybridized carbons (Fsp3) is 0.571. The van der Waals surface area contributed by atoms with E-state index in [1.54, 1.807) is 0 Å². The lowest BCUT2D eigenvalue weighted by molar-refractivity contribution is -0.167. The number of esters is 3. The van der Waals surface area contributed by atoms with E-state index < -0.39 is 6.10 Å². The van der Waals surface area contributed by atoms with Crippen molar-refractivity contribution in [2.45, 2.75) is 271 Å². The van der Waals surface area contributed by atoms with Crippen molar-refractivity contribution in [2.75, 3.05) is 13.2 Å². The molecular formula is C77H120O6. The maximum atomic E-state index is 12.9. The van der Waals surface area contributed by atoms with Gasteiger partial charge in [-0.1, -0.05) is 267 Å². The van der Waals surface area contributed by atoms with E-state index in [4.69, 9.17) is 14.2 Å². The van der Waals surface area contributed by atoms with Crippen molar-refractivity contribution >= 4 is 17.9 Å². The number of ether oxygens (including phenoxy) is 3. The second-order valence-corrected chi connectivity index (χ2v) is 21.3. The van der Waals surface area contributed by atoms with Crippen molar-refractivity contribution in [3.8, 4) is 0 Å². The summed E-state index contributed by atoms with van der Waals surface area (Å²) >= 11 is 0. The number of rotatable bonds is 58. The lowest BCUT2D eigenvalue weighted by Crippen LogP contribution is -2.30. The molecule has 1 atom stereocenters. The summed E-state index contributed by atoms with van der Waals surface area (Å²) in [5, 5.41) is 0. The third-order valence-electron chi connectivity index (χ3n) is 13.4. The summed E-state index contributed by atoms with van der Waals surface area (Å²) < 4.78 is 16.9. The zero-order valence-electron chi connectivity index (χ0n) is 53.1. The molecule has 0 aromatic carbocycles. The van der Waals surface area contributed by atoms with Crippen molar-refractivity contribution < 1.29 is 28.6 Å². The highest BCUT2D eigenvalue weighted by atomic mass is 16.6. The third-order valence-corrected chi connectivity index (χ3v) is 13.4. The van der Waals surface area contributed by atoms with Gasteiger partial charge in [0.1, 0.15) is 13.2 Å². The van der Waals surface area contributed by atoms with E-state index in [9.17, 15) is 14.4 Å². The number of carbonyl (C=O) groups excluding carboxylic acids is 3. The highest BCUT2D eigenvalue weighted by molar-refractivity contribution is 5.71.